The zero-order chi connectivity index (χ0) is 48.1. The van der Waals surface area contributed by atoms with E-state index in [1.165, 1.54) is 5.57 Å². The Balaban J connectivity index is 0.942. The van der Waals surface area contributed by atoms with Crippen LogP contribution in [-0.4, -0.2) is 58.9 Å². The van der Waals surface area contributed by atoms with E-state index < -0.39 is 5.41 Å². The van der Waals surface area contributed by atoms with Crippen LogP contribution < -0.4 is 0 Å². The number of Topliss-reactive ketones (excluding diaryl/α,β-unsaturated/α-hetero) is 1. The van der Waals surface area contributed by atoms with Crippen molar-refractivity contribution >= 4 is 29.3 Å². The first-order valence-corrected chi connectivity index (χ1v) is 26.1. The average Bonchev–Trinajstić information content (AvgIpc) is 3.80. The summed E-state index contributed by atoms with van der Waals surface area (Å²) in [6.45, 7) is 23.1. The molecule has 0 N–H and O–H groups in total. The van der Waals surface area contributed by atoms with Gasteiger partial charge in [-0.3, -0.25) is 14.4 Å². The van der Waals surface area contributed by atoms with Gasteiger partial charge in [-0.1, -0.05) is 122 Å². The summed E-state index contributed by atoms with van der Waals surface area (Å²) in [5, 5.41) is 0.722. The summed E-state index contributed by atoms with van der Waals surface area (Å²) in [7, 11) is 4.25. The van der Waals surface area contributed by atoms with Crippen molar-refractivity contribution in [2.24, 2.45) is 68.0 Å². The van der Waals surface area contributed by atoms with E-state index in [1.807, 2.05) is 62.5 Å². The predicted octanol–water partition coefficient (Wildman–Crippen LogP) is 12.6. The van der Waals surface area contributed by atoms with Crippen molar-refractivity contribution in [1.82, 2.24) is 14.5 Å². The molecule has 1 heterocycles. The molecule has 0 spiro atoms. The molecule has 0 saturated heterocycles. The number of ether oxygens (including phenoxy) is 2. The lowest BCUT2D eigenvalue weighted by atomic mass is 9.33. The average molecular weight is 933 g/mol. The molecule has 2 aromatic carbocycles. The van der Waals surface area contributed by atoms with E-state index in [0.29, 0.717) is 36.4 Å². The Bertz CT molecular complexity index is 2420. The maximum Gasteiger partial charge on any atom is 0.309 e. The van der Waals surface area contributed by atoms with Crippen LogP contribution >= 0.6 is 11.6 Å². The largest absolute Gasteiger partial charge is 0.462 e. The van der Waals surface area contributed by atoms with Crippen molar-refractivity contribution in [2.45, 2.75) is 152 Å². The van der Waals surface area contributed by atoms with Crippen molar-refractivity contribution in [3.05, 3.63) is 88.4 Å². The second kappa shape index (κ2) is 17.3. The number of ketones is 1. The third kappa shape index (κ3) is 7.80. The normalized spacial score (nSPS) is 35.0. The van der Waals surface area contributed by atoms with E-state index in [0.717, 1.165) is 104 Å². The van der Waals surface area contributed by atoms with E-state index in [4.69, 9.17) is 26.1 Å². The number of likely N-dealkylation sites (N-methyl/N-ethyl adjacent to an activating group) is 1. The number of carbonyl (C=O) groups is 3. The minimum Gasteiger partial charge on any atom is -0.462 e. The predicted molar refractivity (Wildman–Crippen MR) is 266 cm³/mol. The van der Waals surface area contributed by atoms with Gasteiger partial charge in [0.25, 0.3) is 0 Å². The van der Waals surface area contributed by atoms with Crippen LogP contribution in [0.2, 0.25) is 5.02 Å². The van der Waals surface area contributed by atoms with Gasteiger partial charge in [-0.2, -0.15) is 0 Å². The van der Waals surface area contributed by atoms with Crippen molar-refractivity contribution in [3.63, 3.8) is 0 Å². The molecular formula is C58H78ClN3O5. The molecule has 8 nitrogen and oxygen atoms in total. The maximum atomic E-state index is 14.6. The minimum atomic E-state index is -0.529. The molecule has 0 amide bonds. The molecule has 3 aromatic rings. The van der Waals surface area contributed by atoms with Crippen LogP contribution in [0.5, 0.6) is 0 Å². The lowest BCUT2D eigenvalue weighted by molar-refractivity contribution is -0.236. The third-order valence-corrected chi connectivity index (χ3v) is 20.4. The second-order valence-electron chi connectivity index (χ2n) is 24.7. The fourth-order valence-corrected chi connectivity index (χ4v) is 16.3. The van der Waals surface area contributed by atoms with Gasteiger partial charge in [-0.15, -0.1) is 0 Å². The molecule has 5 fully saturated rings. The van der Waals surface area contributed by atoms with Gasteiger partial charge < -0.3 is 18.9 Å². The number of fused-ring (bicyclic) bond motifs is 7. The number of allylic oxidation sites excluding steroid dienone is 2. The second-order valence-corrected chi connectivity index (χ2v) is 25.2. The topological polar surface area (TPSA) is 90.7 Å². The molecule has 0 aliphatic heterocycles. The van der Waals surface area contributed by atoms with Crippen molar-refractivity contribution < 1.29 is 23.9 Å². The number of rotatable bonds is 12. The molecule has 0 radical (unpaired) electrons. The highest BCUT2D eigenvalue weighted by atomic mass is 35.5. The standard InChI is InChI=1S/C58H78ClN3O5/c1-36(2)49-44(63)32-58(33-48-60-34-43(62(48)30-29-61(10)11)38-17-19-39(59)20-18-38)28-27-56(8)40(50(49)58)21-22-46-55(7)25-24-47(54(5,6)45(55)23-26-57(46,56)9)67-52(65)42-31-41(53(42,3)4)51(64)66-35-37-15-13-12-14-16-37/h12-20,34,36,40-42,45-47H,21-33,35H2,1-11H3/t40-,41+,42-,45+,46-,47+,55+,56-,57-,58+/m1/s1. The third-order valence-electron chi connectivity index (χ3n) is 20.2. The number of imidazole rings is 1. The van der Waals surface area contributed by atoms with Crippen LogP contribution in [-0.2, 0) is 43.4 Å². The lowest BCUT2D eigenvalue weighted by Crippen LogP contribution is -2.66. The SMILES string of the molecule is CC(C)C1=C2[C@H]3CC[C@@H]4[C@@]5(C)CC[C@H](OC(=O)[C@H]6C[C@@H](C(=O)OCc7ccccc7)C6(C)C)C(C)(C)[C@@H]5CC[C@@]4(C)[C@]3(C)CC[C@@]2(Cc2ncc(-c3ccc(Cl)cc3)n2CCN(C)C)CC1=O. The Morgan fingerprint density at radius 3 is 2.19 bits per heavy atom. The number of carbonyl (C=O) groups excluding carboxylic acids is 3. The minimum absolute atomic E-state index is 0.0460. The van der Waals surface area contributed by atoms with Gasteiger partial charge in [0.1, 0.15) is 18.5 Å². The molecular weight excluding hydrogens is 854 g/mol. The van der Waals surface area contributed by atoms with Gasteiger partial charge in [0.2, 0.25) is 0 Å². The fourth-order valence-electron chi connectivity index (χ4n) is 16.2. The monoisotopic (exact) mass is 932 g/mol. The van der Waals surface area contributed by atoms with Gasteiger partial charge in [0.15, 0.2) is 5.78 Å². The van der Waals surface area contributed by atoms with Crippen molar-refractivity contribution in [2.75, 3.05) is 20.6 Å². The van der Waals surface area contributed by atoms with E-state index in [1.54, 1.807) is 0 Å². The number of hydrogen-bond acceptors (Lipinski definition) is 7. The van der Waals surface area contributed by atoms with Crippen LogP contribution in [0.4, 0.5) is 0 Å². The van der Waals surface area contributed by atoms with Gasteiger partial charge in [0, 0.05) is 41.8 Å². The summed E-state index contributed by atoms with van der Waals surface area (Å²) in [5.74, 6) is 1.88. The summed E-state index contributed by atoms with van der Waals surface area (Å²) < 4.78 is 14.8. The van der Waals surface area contributed by atoms with Crippen molar-refractivity contribution in [3.8, 4) is 11.3 Å². The Hall–Kier alpha value is -3.75. The Labute approximate surface area is 406 Å². The molecule has 9 heteroatoms. The summed E-state index contributed by atoms with van der Waals surface area (Å²) in [4.78, 5) is 49.4. The molecule has 6 aliphatic rings. The number of esters is 2. The Morgan fingerprint density at radius 2 is 1.52 bits per heavy atom. The van der Waals surface area contributed by atoms with E-state index in [2.05, 4.69) is 84.2 Å². The van der Waals surface area contributed by atoms with E-state index in [9.17, 15) is 14.4 Å². The molecule has 67 heavy (non-hydrogen) atoms. The van der Waals surface area contributed by atoms with Gasteiger partial charge in [-0.05, 0) is 146 Å². The van der Waals surface area contributed by atoms with Crippen LogP contribution in [0.3, 0.4) is 0 Å². The van der Waals surface area contributed by atoms with E-state index in [-0.39, 0.29) is 69.5 Å². The Morgan fingerprint density at radius 1 is 0.821 bits per heavy atom. The Kier molecular flexibility index (Phi) is 12.5. The molecule has 9 rings (SSSR count). The molecule has 0 unspecified atom stereocenters. The molecule has 5 saturated carbocycles. The zero-order valence-electron chi connectivity index (χ0n) is 42.5. The van der Waals surface area contributed by atoms with E-state index >= 15 is 0 Å². The van der Waals surface area contributed by atoms with Gasteiger partial charge >= 0.3 is 11.9 Å². The van der Waals surface area contributed by atoms with Crippen LogP contribution in [0.15, 0.2) is 71.9 Å². The first-order valence-electron chi connectivity index (χ1n) is 25.7. The quantitative estimate of drug-likeness (QED) is 0.167. The number of hydrogen-bond donors (Lipinski definition) is 0. The highest BCUT2D eigenvalue weighted by molar-refractivity contribution is 6.30. The summed E-state index contributed by atoms with van der Waals surface area (Å²) in [6.07, 6.45) is 12.2. The van der Waals surface area contributed by atoms with Crippen LogP contribution in [0, 0.1) is 68.0 Å². The summed E-state index contributed by atoms with van der Waals surface area (Å²) in [5.41, 5.74) is 5.07. The lowest BCUT2D eigenvalue weighted by Gasteiger charge is -2.72. The van der Waals surface area contributed by atoms with Crippen LogP contribution in [0.25, 0.3) is 11.3 Å². The maximum absolute atomic E-state index is 14.6. The van der Waals surface area contributed by atoms with Gasteiger partial charge in [-0.25, -0.2) is 4.98 Å². The van der Waals surface area contributed by atoms with Gasteiger partial charge in [0.05, 0.1) is 23.7 Å². The van der Waals surface area contributed by atoms with Crippen LogP contribution in [0.1, 0.15) is 138 Å². The molecule has 6 aliphatic carbocycles. The highest BCUT2D eigenvalue weighted by Crippen LogP contribution is 2.77. The number of aromatic nitrogens is 2. The number of benzene rings is 2. The molecule has 1 aromatic heterocycles. The molecule has 0 bridgehead atoms. The zero-order valence-corrected chi connectivity index (χ0v) is 43.2. The van der Waals surface area contributed by atoms with Crippen molar-refractivity contribution in [1.29, 1.82) is 0 Å². The summed E-state index contributed by atoms with van der Waals surface area (Å²) >= 11 is 6.34. The molecule has 10 atom stereocenters. The fraction of sp³-hybridized carbons (Fsp3) is 0.655. The first kappa shape index (κ1) is 48.3. The smallest absolute Gasteiger partial charge is 0.309 e. The number of halogens is 1. The number of nitrogens with zero attached hydrogens (tertiary/aromatic N) is 3. The first-order chi connectivity index (χ1) is 31.6. The highest BCUT2D eigenvalue weighted by Gasteiger charge is 2.70. The molecule has 362 valence electrons. The summed E-state index contributed by atoms with van der Waals surface area (Å²) in [6, 6.07) is 17.9.